The summed E-state index contributed by atoms with van der Waals surface area (Å²) in [6.07, 6.45) is 0. The zero-order chi connectivity index (χ0) is 10.8. The fraction of sp³-hybridized carbons (Fsp3) is 0.500. The summed E-state index contributed by atoms with van der Waals surface area (Å²) in [5, 5.41) is 3.50. The summed E-state index contributed by atoms with van der Waals surface area (Å²) in [7, 11) is 0. The lowest BCUT2D eigenvalue weighted by Crippen LogP contribution is -2.40. The highest BCUT2D eigenvalue weighted by atomic mass is 15.2. The number of hydrogen-bond donors (Lipinski definition) is 2. The molecule has 2 rings (SSSR count). The minimum Gasteiger partial charge on any atom is -0.379 e. The molecule has 0 amide bonds. The summed E-state index contributed by atoms with van der Waals surface area (Å²) >= 11 is 0. The van der Waals surface area contributed by atoms with Crippen molar-refractivity contribution >= 4 is 11.4 Å². The van der Waals surface area contributed by atoms with E-state index in [9.17, 15) is 0 Å². The van der Waals surface area contributed by atoms with Gasteiger partial charge in [-0.1, -0.05) is 12.1 Å². The summed E-state index contributed by atoms with van der Waals surface area (Å²) in [4.78, 5) is 2.40. The molecular formula is C12H19N3. The van der Waals surface area contributed by atoms with Gasteiger partial charge in [-0.25, -0.2) is 0 Å². The van der Waals surface area contributed by atoms with E-state index in [4.69, 9.17) is 5.73 Å². The molecule has 0 saturated heterocycles. The zero-order valence-corrected chi connectivity index (χ0v) is 9.46. The van der Waals surface area contributed by atoms with Gasteiger partial charge in [0.1, 0.15) is 0 Å². The van der Waals surface area contributed by atoms with Gasteiger partial charge in [0.25, 0.3) is 0 Å². The van der Waals surface area contributed by atoms with Crippen LogP contribution in [0, 0.1) is 0 Å². The maximum absolute atomic E-state index is 5.77. The van der Waals surface area contributed by atoms with Crippen molar-refractivity contribution < 1.29 is 0 Å². The van der Waals surface area contributed by atoms with E-state index in [1.165, 1.54) is 16.9 Å². The molecule has 0 saturated carbocycles. The molecule has 1 aromatic carbocycles. The Labute approximate surface area is 91.3 Å². The Morgan fingerprint density at radius 1 is 1.53 bits per heavy atom. The Hall–Kier alpha value is -1.22. The van der Waals surface area contributed by atoms with Crippen LogP contribution in [0.2, 0.25) is 0 Å². The molecule has 82 valence electrons. The molecule has 0 aliphatic carbocycles. The lowest BCUT2D eigenvalue weighted by molar-refractivity contribution is 0.699. The summed E-state index contributed by atoms with van der Waals surface area (Å²) in [5.74, 6) is 0. The second-order valence-corrected chi connectivity index (χ2v) is 4.10. The molecule has 0 radical (unpaired) electrons. The predicted octanol–water partition coefficient (Wildman–Crippen LogP) is 1.79. The number of likely N-dealkylation sites (N-methyl/N-ethyl adjacent to an activating group) is 1. The third-order valence-corrected chi connectivity index (χ3v) is 2.93. The second-order valence-electron chi connectivity index (χ2n) is 4.10. The average molecular weight is 205 g/mol. The van der Waals surface area contributed by atoms with Gasteiger partial charge in [0.2, 0.25) is 0 Å². The van der Waals surface area contributed by atoms with Gasteiger partial charge in [-0.05, 0) is 25.5 Å². The maximum Gasteiger partial charge on any atom is 0.0648 e. The van der Waals surface area contributed by atoms with Gasteiger partial charge in [-0.15, -0.1) is 0 Å². The van der Waals surface area contributed by atoms with E-state index in [2.05, 4.69) is 42.3 Å². The van der Waals surface area contributed by atoms with E-state index in [-0.39, 0.29) is 0 Å². The number of rotatable bonds is 2. The van der Waals surface area contributed by atoms with Gasteiger partial charge in [-0.3, -0.25) is 0 Å². The van der Waals surface area contributed by atoms with E-state index in [1.807, 2.05) is 0 Å². The molecule has 1 unspecified atom stereocenters. The largest absolute Gasteiger partial charge is 0.379 e. The van der Waals surface area contributed by atoms with Gasteiger partial charge in [0.05, 0.1) is 11.4 Å². The summed E-state index contributed by atoms with van der Waals surface area (Å²) in [6, 6.07) is 6.82. The Morgan fingerprint density at radius 2 is 2.33 bits per heavy atom. The van der Waals surface area contributed by atoms with Crippen molar-refractivity contribution in [3.8, 4) is 0 Å². The minimum absolute atomic E-state index is 0.505. The first kappa shape index (κ1) is 10.3. The summed E-state index contributed by atoms with van der Waals surface area (Å²) in [5.41, 5.74) is 9.51. The van der Waals surface area contributed by atoms with Crippen LogP contribution < -0.4 is 16.0 Å². The molecule has 1 heterocycles. The Balaban J connectivity index is 2.46. The van der Waals surface area contributed by atoms with Gasteiger partial charge in [-0.2, -0.15) is 0 Å². The van der Waals surface area contributed by atoms with Crippen LogP contribution in [0.25, 0.3) is 0 Å². The highest BCUT2D eigenvalue weighted by Gasteiger charge is 2.21. The number of anilines is 2. The van der Waals surface area contributed by atoms with Crippen LogP contribution in [0.1, 0.15) is 19.4 Å². The fourth-order valence-electron chi connectivity index (χ4n) is 2.27. The SMILES string of the molecule is CCN1CC(C)Nc2cccc(CN)c21. The maximum atomic E-state index is 5.77. The summed E-state index contributed by atoms with van der Waals surface area (Å²) < 4.78 is 0. The van der Waals surface area contributed by atoms with Crippen LogP contribution in [0.4, 0.5) is 11.4 Å². The molecule has 0 spiro atoms. The van der Waals surface area contributed by atoms with Crippen LogP contribution in [0.3, 0.4) is 0 Å². The quantitative estimate of drug-likeness (QED) is 0.773. The topological polar surface area (TPSA) is 41.3 Å². The Bertz CT molecular complexity index is 349. The van der Waals surface area contributed by atoms with Crippen molar-refractivity contribution in [3.63, 3.8) is 0 Å². The van der Waals surface area contributed by atoms with Gasteiger partial charge < -0.3 is 16.0 Å². The van der Waals surface area contributed by atoms with E-state index < -0.39 is 0 Å². The molecule has 3 heteroatoms. The number of benzene rings is 1. The van der Waals surface area contributed by atoms with Gasteiger partial charge >= 0.3 is 0 Å². The molecule has 15 heavy (non-hydrogen) atoms. The first-order chi connectivity index (χ1) is 7.26. The first-order valence-corrected chi connectivity index (χ1v) is 5.59. The molecule has 3 nitrogen and oxygen atoms in total. The molecule has 3 N–H and O–H groups in total. The van der Waals surface area contributed by atoms with Crippen LogP contribution in [0.5, 0.6) is 0 Å². The van der Waals surface area contributed by atoms with Crippen molar-refractivity contribution in [3.05, 3.63) is 23.8 Å². The lowest BCUT2D eigenvalue weighted by Gasteiger charge is -2.36. The van der Waals surface area contributed by atoms with E-state index in [1.54, 1.807) is 0 Å². The Morgan fingerprint density at radius 3 is 3.00 bits per heavy atom. The molecule has 1 aliphatic heterocycles. The molecule has 1 aliphatic rings. The van der Waals surface area contributed by atoms with Gasteiger partial charge in [0.15, 0.2) is 0 Å². The third kappa shape index (κ3) is 1.79. The second kappa shape index (κ2) is 4.11. The van der Waals surface area contributed by atoms with E-state index in [0.29, 0.717) is 12.6 Å². The van der Waals surface area contributed by atoms with Crippen LogP contribution in [0.15, 0.2) is 18.2 Å². The van der Waals surface area contributed by atoms with Crippen molar-refractivity contribution in [1.29, 1.82) is 0 Å². The molecule has 0 aromatic heterocycles. The monoisotopic (exact) mass is 205 g/mol. The van der Waals surface area contributed by atoms with Crippen LogP contribution in [-0.2, 0) is 6.54 Å². The highest BCUT2D eigenvalue weighted by Crippen LogP contribution is 2.33. The molecule has 0 fully saturated rings. The van der Waals surface area contributed by atoms with Crippen LogP contribution in [-0.4, -0.2) is 19.1 Å². The number of hydrogen-bond acceptors (Lipinski definition) is 3. The van der Waals surface area contributed by atoms with E-state index >= 15 is 0 Å². The average Bonchev–Trinajstić information content (AvgIpc) is 2.26. The van der Waals surface area contributed by atoms with Crippen molar-refractivity contribution in [2.24, 2.45) is 5.73 Å². The standard InChI is InChI=1S/C12H19N3/c1-3-15-8-9(2)14-11-6-4-5-10(7-13)12(11)15/h4-6,9,14H,3,7-8,13H2,1-2H3. The Kier molecular flexibility index (Phi) is 2.82. The zero-order valence-electron chi connectivity index (χ0n) is 9.46. The smallest absolute Gasteiger partial charge is 0.0648 e. The highest BCUT2D eigenvalue weighted by molar-refractivity contribution is 5.76. The molecular weight excluding hydrogens is 186 g/mol. The summed E-state index contributed by atoms with van der Waals surface area (Å²) in [6.45, 7) is 7.10. The number of nitrogens with zero attached hydrogens (tertiary/aromatic N) is 1. The number of nitrogens with one attached hydrogen (secondary N) is 1. The molecule has 1 aromatic rings. The predicted molar refractivity (Wildman–Crippen MR) is 65.3 cm³/mol. The lowest BCUT2D eigenvalue weighted by atomic mass is 10.1. The van der Waals surface area contributed by atoms with Gasteiger partial charge in [0, 0.05) is 25.7 Å². The van der Waals surface area contributed by atoms with Crippen LogP contribution >= 0.6 is 0 Å². The molecule has 0 bridgehead atoms. The van der Waals surface area contributed by atoms with Crippen molar-refractivity contribution in [2.75, 3.05) is 23.3 Å². The minimum atomic E-state index is 0.505. The van der Waals surface area contributed by atoms with Crippen molar-refractivity contribution in [2.45, 2.75) is 26.4 Å². The first-order valence-electron chi connectivity index (χ1n) is 5.59. The number of fused-ring (bicyclic) bond motifs is 1. The van der Waals surface area contributed by atoms with Crippen molar-refractivity contribution in [1.82, 2.24) is 0 Å². The third-order valence-electron chi connectivity index (χ3n) is 2.93. The number of para-hydroxylation sites is 1. The van der Waals surface area contributed by atoms with E-state index in [0.717, 1.165) is 13.1 Å². The number of nitrogens with two attached hydrogens (primary N) is 1. The normalized spacial score (nSPS) is 19.7. The molecule has 1 atom stereocenters. The fourth-order valence-corrected chi connectivity index (χ4v) is 2.27.